The maximum atomic E-state index is 12.3. The van der Waals surface area contributed by atoms with Crippen LogP contribution in [0.5, 0.6) is 0 Å². The highest BCUT2D eigenvalue weighted by atomic mass is 16.2. The zero-order chi connectivity index (χ0) is 18.1. The Kier molecular flexibility index (Phi) is 6.92. The fourth-order valence-electron chi connectivity index (χ4n) is 2.37. The Balaban J connectivity index is 2.00. The van der Waals surface area contributed by atoms with Gasteiger partial charge in [0, 0.05) is 13.5 Å². The number of rotatable bonds is 7. The van der Waals surface area contributed by atoms with Crippen LogP contribution in [-0.2, 0) is 16.0 Å². The van der Waals surface area contributed by atoms with Gasteiger partial charge in [-0.3, -0.25) is 9.59 Å². The Bertz CT molecular complexity index is 714. The van der Waals surface area contributed by atoms with Gasteiger partial charge in [-0.05, 0) is 11.1 Å². The standard InChI is InChI=1S/C20H23N3O2/c1-22-20(25)18(14-16-10-6-3-7-11-16)23-19(24)17(21)13-12-15-8-4-2-5-9-15/h2-13,17-18H,14,21H2,1H3,(H,22,25)(H,23,24)/b13-12+/t17?,18-/m0/s1. The van der Waals surface area contributed by atoms with Crippen molar-refractivity contribution in [2.24, 2.45) is 5.73 Å². The Morgan fingerprint density at radius 3 is 2.20 bits per heavy atom. The molecule has 4 N–H and O–H groups in total. The average Bonchev–Trinajstić information content (AvgIpc) is 2.66. The molecule has 0 bridgehead atoms. The van der Waals surface area contributed by atoms with Gasteiger partial charge in [-0.15, -0.1) is 0 Å². The highest BCUT2D eigenvalue weighted by molar-refractivity contribution is 5.91. The minimum Gasteiger partial charge on any atom is -0.357 e. The van der Waals surface area contributed by atoms with Crippen LogP contribution in [-0.4, -0.2) is 30.9 Å². The molecule has 25 heavy (non-hydrogen) atoms. The first-order valence-corrected chi connectivity index (χ1v) is 8.15. The van der Waals surface area contributed by atoms with E-state index in [0.717, 1.165) is 11.1 Å². The summed E-state index contributed by atoms with van der Waals surface area (Å²) >= 11 is 0. The van der Waals surface area contributed by atoms with Crippen molar-refractivity contribution in [1.82, 2.24) is 10.6 Å². The first kappa shape index (κ1) is 18.4. The summed E-state index contributed by atoms with van der Waals surface area (Å²) < 4.78 is 0. The summed E-state index contributed by atoms with van der Waals surface area (Å²) in [4.78, 5) is 24.4. The predicted octanol–water partition coefficient (Wildman–Crippen LogP) is 1.50. The third kappa shape index (κ3) is 5.90. The van der Waals surface area contributed by atoms with E-state index < -0.39 is 18.0 Å². The molecule has 5 heteroatoms. The van der Waals surface area contributed by atoms with Gasteiger partial charge in [0.15, 0.2) is 0 Å². The van der Waals surface area contributed by atoms with Crippen LogP contribution < -0.4 is 16.4 Å². The number of amides is 2. The summed E-state index contributed by atoms with van der Waals surface area (Å²) in [6.45, 7) is 0. The molecule has 1 unspecified atom stereocenters. The first-order chi connectivity index (χ1) is 12.1. The van der Waals surface area contributed by atoms with E-state index in [1.807, 2.05) is 60.7 Å². The summed E-state index contributed by atoms with van der Waals surface area (Å²) in [5, 5.41) is 5.30. The van der Waals surface area contributed by atoms with Gasteiger partial charge < -0.3 is 16.4 Å². The van der Waals surface area contributed by atoms with Crippen molar-refractivity contribution in [1.29, 1.82) is 0 Å². The van der Waals surface area contributed by atoms with Gasteiger partial charge in [-0.2, -0.15) is 0 Å². The zero-order valence-corrected chi connectivity index (χ0v) is 14.2. The largest absolute Gasteiger partial charge is 0.357 e. The van der Waals surface area contributed by atoms with Gasteiger partial charge in [0.05, 0.1) is 0 Å². The minimum absolute atomic E-state index is 0.253. The van der Waals surface area contributed by atoms with Crippen LogP contribution in [0.1, 0.15) is 11.1 Å². The topological polar surface area (TPSA) is 84.2 Å². The SMILES string of the molecule is CNC(=O)[C@H](Cc1ccccc1)NC(=O)C(N)/C=C/c1ccccc1. The maximum Gasteiger partial charge on any atom is 0.242 e. The van der Waals surface area contributed by atoms with Gasteiger partial charge >= 0.3 is 0 Å². The Hall–Kier alpha value is -2.92. The van der Waals surface area contributed by atoms with Gasteiger partial charge in [-0.25, -0.2) is 0 Å². The van der Waals surface area contributed by atoms with Crippen LogP contribution in [0.2, 0.25) is 0 Å². The number of carbonyl (C=O) groups is 2. The minimum atomic E-state index is -0.830. The van der Waals surface area contributed by atoms with Gasteiger partial charge in [0.1, 0.15) is 12.1 Å². The molecule has 0 aliphatic rings. The Morgan fingerprint density at radius 1 is 1.00 bits per heavy atom. The quantitative estimate of drug-likeness (QED) is 0.716. The molecular weight excluding hydrogens is 314 g/mol. The zero-order valence-electron chi connectivity index (χ0n) is 14.2. The predicted molar refractivity (Wildman–Crippen MR) is 99.6 cm³/mol. The van der Waals surface area contributed by atoms with Crippen LogP contribution >= 0.6 is 0 Å². The number of likely N-dealkylation sites (N-methyl/N-ethyl adjacent to an activating group) is 1. The molecule has 2 aromatic carbocycles. The van der Waals surface area contributed by atoms with E-state index in [9.17, 15) is 9.59 Å². The lowest BCUT2D eigenvalue weighted by atomic mass is 10.0. The molecule has 0 aliphatic carbocycles. The third-order valence-corrected chi connectivity index (χ3v) is 3.76. The van der Waals surface area contributed by atoms with E-state index in [1.54, 1.807) is 19.2 Å². The van der Waals surface area contributed by atoms with Crippen LogP contribution in [0.15, 0.2) is 66.7 Å². The van der Waals surface area contributed by atoms with Crippen molar-refractivity contribution in [3.05, 3.63) is 77.9 Å². The first-order valence-electron chi connectivity index (χ1n) is 8.15. The van der Waals surface area contributed by atoms with Gasteiger partial charge in [-0.1, -0.05) is 72.8 Å². The third-order valence-electron chi connectivity index (χ3n) is 3.76. The second kappa shape index (κ2) is 9.39. The summed E-state index contributed by atoms with van der Waals surface area (Å²) in [5.41, 5.74) is 7.84. The molecule has 2 rings (SSSR count). The summed E-state index contributed by atoms with van der Waals surface area (Å²) in [6, 6.07) is 17.6. The smallest absolute Gasteiger partial charge is 0.242 e. The molecule has 0 aromatic heterocycles. The number of nitrogens with two attached hydrogens (primary N) is 1. The van der Waals surface area contributed by atoms with E-state index in [1.165, 1.54) is 0 Å². The summed E-state index contributed by atoms with van der Waals surface area (Å²) in [7, 11) is 1.54. The molecule has 0 radical (unpaired) electrons. The fraction of sp³-hybridized carbons (Fsp3) is 0.200. The highest BCUT2D eigenvalue weighted by Crippen LogP contribution is 2.05. The molecule has 0 saturated carbocycles. The lowest BCUT2D eigenvalue weighted by Gasteiger charge is -2.19. The van der Waals surface area contributed by atoms with E-state index in [2.05, 4.69) is 10.6 Å². The van der Waals surface area contributed by atoms with Crippen LogP contribution in [0.25, 0.3) is 6.08 Å². The Labute approximate surface area is 147 Å². The van der Waals surface area contributed by atoms with E-state index in [-0.39, 0.29) is 5.91 Å². The number of hydrogen-bond donors (Lipinski definition) is 3. The number of hydrogen-bond acceptors (Lipinski definition) is 3. The van der Waals surface area contributed by atoms with Crippen molar-refractivity contribution in [3.8, 4) is 0 Å². The Morgan fingerprint density at radius 2 is 1.60 bits per heavy atom. The van der Waals surface area contributed by atoms with Gasteiger partial charge in [0.2, 0.25) is 11.8 Å². The maximum absolute atomic E-state index is 12.3. The molecule has 0 saturated heterocycles. The molecule has 2 atom stereocenters. The summed E-state index contributed by atoms with van der Waals surface area (Å²) in [5.74, 6) is -0.645. The van der Waals surface area contributed by atoms with E-state index in [4.69, 9.17) is 5.73 Å². The van der Waals surface area contributed by atoms with Crippen LogP contribution in [0.4, 0.5) is 0 Å². The van der Waals surface area contributed by atoms with Crippen molar-refractivity contribution in [2.45, 2.75) is 18.5 Å². The molecule has 0 heterocycles. The normalized spacial score (nSPS) is 13.2. The van der Waals surface area contributed by atoms with Crippen LogP contribution in [0.3, 0.4) is 0 Å². The second-order valence-electron chi connectivity index (χ2n) is 5.66. The van der Waals surface area contributed by atoms with E-state index >= 15 is 0 Å². The second-order valence-corrected chi connectivity index (χ2v) is 5.66. The highest BCUT2D eigenvalue weighted by Gasteiger charge is 2.22. The molecule has 2 aromatic rings. The summed E-state index contributed by atoms with van der Waals surface area (Å²) in [6.07, 6.45) is 3.81. The number of nitrogens with one attached hydrogen (secondary N) is 2. The average molecular weight is 337 g/mol. The van der Waals surface area contributed by atoms with Crippen molar-refractivity contribution in [2.75, 3.05) is 7.05 Å². The molecule has 5 nitrogen and oxygen atoms in total. The molecule has 0 aliphatic heterocycles. The fourth-order valence-corrected chi connectivity index (χ4v) is 2.37. The molecule has 2 amide bonds. The van der Waals surface area contributed by atoms with Gasteiger partial charge in [0.25, 0.3) is 0 Å². The van der Waals surface area contributed by atoms with Crippen molar-refractivity contribution < 1.29 is 9.59 Å². The number of carbonyl (C=O) groups excluding carboxylic acids is 2. The van der Waals surface area contributed by atoms with Crippen molar-refractivity contribution in [3.63, 3.8) is 0 Å². The van der Waals surface area contributed by atoms with Crippen molar-refractivity contribution >= 4 is 17.9 Å². The lowest BCUT2D eigenvalue weighted by molar-refractivity contribution is -0.128. The molecular formula is C20H23N3O2. The lowest BCUT2D eigenvalue weighted by Crippen LogP contribution is -2.51. The molecule has 0 fully saturated rings. The molecule has 130 valence electrons. The van der Waals surface area contributed by atoms with E-state index in [0.29, 0.717) is 6.42 Å². The molecule has 0 spiro atoms. The number of benzene rings is 2. The van der Waals surface area contributed by atoms with Crippen LogP contribution in [0, 0.1) is 0 Å². The monoisotopic (exact) mass is 337 g/mol.